The molecule has 3 unspecified atom stereocenters. The molecule has 0 aromatic carbocycles. The van der Waals surface area contributed by atoms with Gasteiger partial charge in [0.05, 0.1) is 39.9 Å². The molecule has 0 aliphatic carbocycles. The van der Waals surface area contributed by atoms with E-state index in [1.54, 1.807) is 6.08 Å². The molecule has 0 aromatic rings. The molecule has 0 radical (unpaired) electrons. The van der Waals surface area contributed by atoms with E-state index in [0.29, 0.717) is 17.4 Å². The maximum atomic E-state index is 12.8. The maximum absolute atomic E-state index is 12.8. The lowest BCUT2D eigenvalue weighted by Gasteiger charge is -2.25. The Morgan fingerprint density at radius 3 is 1.51 bits per heavy atom. The first-order valence-electron chi connectivity index (χ1n) is 20.6. The summed E-state index contributed by atoms with van der Waals surface area (Å²) in [5.74, 6) is -0.177. The number of phosphoric ester groups is 1. The average molecular weight is 718 g/mol. The molecule has 9 heteroatoms. The molecule has 1 amide bonds. The Bertz CT molecular complexity index is 819. The van der Waals surface area contributed by atoms with Gasteiger partial charge in [0.2, 0.25) is 5.91 Å². The molecule has 0 bridgehead atoms. The van der Waals surface area contributed by atoms with Crippen LogP contribution in [0.15, 0.2) is 12.2 Å². The summed E-state index contributed by atoms with van der Waals surface area (Å²) < 4.78 is 23.5. The van der Waals surface area contributed by atoms with Crippen molar-refractivity contribution in [2.45, 2.75) is 199 Å². The second-order valence-corrected chi connectivity index (χ2v) is 16.8. The number of hydrogen-bond donors (Lipinski definition) is 3. The summed E-state index contributed by atoms with van der Waals surface area (Å²) >= 11 is 0. The number of rotatable bonds is 37. The Labute approximate surface area is 303 Å². The number of hydrogen-bond acceptors (Lipinski definition) is 5. The summed E-state index contributed by atoms with van der Waals surface area (Å²) in [4.78, 5) is 23.0. The fourth-order valence-corrected chi connectivity index (χ4v) is 6.66. The zero-order valence-electron chi connectivity index (χ0n) is 32.9. The largest absolute Gasteiger partial charge is 0.472 e. The molecule has 0 saturated carbocycles. The van der Waals surface area contributed by atoms with E-state index < -0.39 is 20.0 Å². The SMILES string of the molecule is CCCCCCCCCCCCCC/C=C/C(O)C(COP(=O)(O)OCC[N+](C)(C)C)NC(=O)CCCCCCCCCCCCCCC. The highest BCUT2D eigenvalue weighted by Crippen LogP contribution is 2.43. The van der Waals surface area contributed by atoms with Gasteiger partial charge in [-0.05, 0) is 19.3 Å². The highest BCUT2D eigenvalue weighted by molar-refractivity contribution is 7.47. The highest BCUT2D eigenvalue weighted by atomic mass is 31.2. The summed E-state index contributed by atoms with van der Waals surface area (Å²) in [5, 5.41) is 13.8. The van der Waals surface area contributed by atoms with Crippen LogP contribution >= 0.6 is 7.82 Å². The number of amides is 1. The number of phosphoric acid groups is 1. The number of unbranched alkanes of at least 4 members (excludes halogenated alkanes) is 24. The fourth-order valence-electron chi connectivity index (χ4n) is 5.92. The van der Waals surface area contributed by atoms with Crippen molar-refractivity contribution in [3.63, 3.8) is 0 Å². The minimum atomic E-state index is -4.32. The molecule has 0 rings (SSSR count). The monoisotopic (exact) mass is 718 g/mol. The Morgan fingerprint density at radius 1 is 0.673 bits per heavy atom. The van der Waals surface area contributed by atoms with Crippen LogP contribution in [0.3, 0.4) is 0 Å². The summed E-state index contributed by atoms with van der Waals surface area (Å²) in [6, 6.07) is -0.838. The van der Waals surface area contributed by atoms with Gasteiger partial charge in [-0.15, -0.1) is 0 Å². The van der Waals surface area contributed by atoms with Crippen molar-refractivity contribution in [1.82, 2.24) is 5.32 Å². The van der Waals surface area contributed by atoms with Crippen LogP contribution in [0.2, 0.25) is 0 Å². The molecule has 3 N–H and O–H groups in total. The highest BCUT2D eigenvalue weighted by Gasteiger charge is 2.27. The minimum absolute atomic E-state index is 0.0643. The van der Waals surface area contributed by atoms with Gasteiger partial charge in [0.1, 0.15) is 13.2 Å². The van der Waals surface area contributed by atoms with E-state index in [1.165, 1.54) is 128 Å². The Kier molecular flexibility index (Phi) is 32.6. The normalized spacial score (nSPS) is 14.7. The Balaban J connectivity index is 4.48. The van der Waals surface area contributed by atoms with Gasteiger partial charge in [-0.1, -0.05) is 174 Å². The number of nitrogens with one attached hydrogen (secondary N) is 1. The molecular weight excluding hydrogens is 635 g/mol. The van der Waals surface area contributed by atoms with E-state index in [4.69, 9.17) is 9.05 Å². The van der Waals surface area contributed by atoms with Crippen molar-refractivity contribution in [3.8, 4) is 0 Å². The number of aliphatic hydroxyl groups excluding tert-OH is 1. The van der Waals surface area contributed by atoms with Crippen molar-refractivity contribution in [2.75, 3.05) is 40.9 Å². The summed E-state index contributed by atoms with van der Waals surface area (Å²) in [6.45, 7) is 4.81. The number of nitrogens with zero attached hydrogens (tertiary/aromatic N) is 1. The Morgan fingerprint density at radius 2 is 1.08 bits per heavy atom. The molecular formula is C40H82N2O6P+. The van der Waals surface area contributed by atoms with Crippen molar-refractivity contribution < 1.29 is 32.9 Å². The summed E-state index contributed by atoms with van der Waals surface area (Å²) in [5.41, 5.74) is 0. The maximum Gasteiger partial charge on any atom is 0.472 e. The lowest BCUT2D eigenvalue weighted by atomic mass is 10.0. The number of allylic oxidation sites excluding steroid dienone is 1. The van der Waals surface area contributed by atoms with Crippen LogP contribution in [0.5, 0.6) is 0 Å². The molecule has 0 fully saturated rings. The third-order valence-electron chi connectivity index (χ3n) is 9.26. The van der Waals surface area contributed by atoms with Crippen LogP contribution in [-0.2, 0) is 18.4 Å². The molecule has 0 heterocycles. The van der Waals surface area contributed by atoms with Crippen LogP contribution < -0.4 is 5.32 Å². The second kappa shape index (κ2) is 33.1. The molecule has 49 heavy (non-hydrogen) atoms. The van der Waals surface area contributed by atoms with E-state index in [-0.39, 0.29) is 19.1 Å². The smallest absolute Gasteiger partial charge is 0.387 e. The van der Waals surface area contributed by atoms with E-state index >= 15 is 0 Å². The minimum Gasteiger partial charge on any atom is -0.387 e. The average Bonchev–Trinajstić information content (AvgIpc) is 3.04. The van der Waals surface area contributed by atoms with Crippen LogP contribution in [0, 0.1) is 0 Å². The first kappa shape index (κ1) is 48.2. The van der Waals surface area contributed by atoms with E-state index in [9.17, 15) is 19.4 Å². The van der Waals surface area contributed by atoms with Gasteiger partial charge in [-0.25, -0.2) is 4.57 Å². The van der Waals surface area contributed by atoms with Gasteiger partial charge in [0.25, 0.3) is 0 Å². The second-order valence-electron chi connectivity index (χ2n) is 15.4. The van der Waals surface area contributed by atoms with Gasteiger partial charge < -0.3 is 19.8 Å². The van der Waals surface area contributed by atoms with Crippen molar-refractivity contribution >= 4 is 13.7 Å². The number of quaternary nitrogens is 1. The van der Waals surface area contributed by atoms with Crippen LogP contribution in [0.1, 0.15) is 187 Å². The van der Waals surface area contributed by atoms with Gasteiger partial charge in [0.15, 0.2) is 0 Å². The third kappa shape index (κ3) is 35.4. The zero-order valence-corrected chi connectivity index (χ0v) is 33.8. The molecule has 0 aliphatic heterocycles. The summed E-state index contributed by atoms with van der Waals surface area (Å²) in [6.07, 6.45) is 35.5. The number of likely N-dealkylation sites (N-methyl/N-ethyl adjacent to an activating group) is 1. The molecule has 0 spiro atoms. The number of carbonyl (C=O) groups excluding carboxylic acids is 1. The lowest BCUT2D eigenvalue weighted by Crippen LogP contribution is -2.45. The first-order chi connectivity index (χ1) is 23.5. The van der Waals surface area contributed by atoms with Gasteiger partial charge in [-0.2, -0.15) is 0 Å². The topological polar surface area (TPSA) is 105 Å². The predicted molar refractivity (Wildman–Crippen MR) is 208 cm³/mol. The lowest BCUT2D eigenvalue weighted by molar-refractivity contribution is -0.870. The molecule has 8 nitrogen and oxygen atoms in total. The van der Waals surface area contributed by atoms with E-state index in [0.717, 1.165) is 38.5 Å². The van der Waals surface area contributed by atoms with Gasteiger partial charge >= 0.3 is 7.82 Å². The molecule has 0 aromatic heterocycles. The van der Waals surface area contributed by atoms with Crippen LogP contribution in [0.4, 0.5) is 0 Å². The van der Waals surface area contributed by atoms with Crippen molar-refractivity contribution in [1.29, 1.82) is 0 Å². The van der Waals surface area contributed by atoms with Crippen molar-refractivity contribution in [2.24, 2.45) is 0 Å². The van der Waals surface area contributed by atoms with Gasteiger partial charge in [-0.3, -0.25) is 13.8 Å². The molecule has 292 valence electrons. The van der Waals surface area contributed by atoms with Crippen LogP contribution in [-0.4, -0.2) is 73.4 Å². The van der Waals surface area contributed by atoms with E-state index in [2.05, 4.69) is 19.2 Å². The molecule has 0 saturated heterocycles. The van der Waals surface area contributed by atoms with Crippen molar-refractivity contribution in [3.05, 3.63) is 12.2 Å². The number of carbonyl (C=O) groups is 1. The summed E-state index contributed by atoms with van der Waals surface area (Å²) in [7, 11) is 1.58. The first-order valence-corrected chi connectivity index (χ1v) is 22.1. The van der Waals surface area contributed by atoms with Gasteiger partial charge in [0, 0.05) is 6.42 Å². The standard InChI is InChI=1S/C40H81N2O6P/c1-6-8-10-12-14-16-18-20-22-23-25-27-29-31-33-39(43)38(37-48-49(45,46)47-36-35-42(3,4)5)41-40(44)34-32-30-28-26-24-21-19-17-15-13-11-9-7-2/h31,33,38-39,43H,6-30,32,34-37H2,1-5H3,(H-,41,44,45,46)/p+1/b33-31+. The zero-order chi connectivity index (χ0) is 36.5. The fraction of sp³-hybridized carbons (Fsp3) is 0.925. The molecule has 0 aliphatic rings. The Hall–Kier alpha value is -0.760. The van der Waals surface area contributed by atoms with Crippen LogP contribution in [0.25, 0.3) is 0 Å². The predicted octanol–water partition coefficient (Wildman–Crippen LogP) is 10.8. The number of aliphatic hydroxyl groups is 1. The van der Waals surface area contributed by atoms with E-state index in [1.807, 2.05) is 27.2 Å². The quantitative estimate of drug-likeness (QED) is 0.0256. The third-order valence-corrected chi connectivity index (χ3v) is 10.2. The molecule has 3 atom stereocenters.